The largest absolute Gasteiger partial charge is 0.323 e. The average molecular weight is 311 g/mol. The van der Waals surface area contributed by atoms with Crippen molar-refractivity contribution in [2.45, 2.75) is 15.5 Å². The molecule has 3 rings (SSSR count). The van der Waals surface area contributed by atoms with Gasteiger partial charge in [-0.3, -0.25) is 0 Å². The third-order valence-electron chi connectivity index (χ3n) is 3.38. The first-order valence-corrected chi connectivity index (χ1v) is 8.66. The molecule has 1 nitrogen and oxygen atoms in total. The van der Waals surface area contributed by atoms with Gasteiger partial charge < -0.3 is 5.73 Å². The fraction of sp³-hybridized carbons (Fsp3) is 0.111. The summed E-state index contributed by atoms with van der Waals surface area (Å²) in [5.74, 6) is 0. The van der Waals surface area contributed by atoms with Gasteiger partial charge in [-0.2, -0.15) is 0 Å². The highest BCUT2D eigenvalue weighted by Crippen LogP contribution is 2.44. The van der Waals surface area contributed by atoms with Gasteiger partial charge in [-0.1, -0.05) is 66.7 Å². The Labute approximate surface area is 133 Å². The molecule has 3 heteroatoms. The van der Waals surface area contributed by atoms with Crippen LogP contribution in [0.2, 0.25) is 0 Å². The molecule has 0 spiro atoms. The van der Waals surface area contributed by atoms with Crippen LogP contribution in [-0.2, 0) is 0 Å². The molecule has 21 heavy (non-hydrogen) atoms. The van der Waals surface area contributed by atoms with Crippen LogP contribution in [0.1, 0.15) is 22.4 Å². The highest BCUT2D eigenvalue weighted by atomic mass is 32.2. The summed E-state index contributed by atoms with van der Waals surface area (Å²) in [7, 11) is 0. The minimum atomic E-state index is -0.0271. The van der Waals surface area contributed by atoms with Gasteiger partial charge >= 0.3 is 0 Å². The Bertz CT molecular complexity index is 650. The average Bonchev–Trinajstić information content (AvgIpc) is 3.07. The molecule has 2 atom stereocenters. The second kappa shape index (κ2) is 6.94. The molecule has 0 saturated heterocycles. The van der Waals surface area contributed by atoms with Crippen LogP contribution in [-0.4, -0.2) is 0 Å². The lowest BCUT2D eigenvalue weighted by Crippen LogP contribution is -2.17. The first-order valence-electron chi connectivity index (χ1n) is 6.90. The molecule has 2 aromatic carbocycles. The highest BCUT2D eigenvalue weighted by Gasteiger charge is 2.22. The van der Waals surface area contributed by atoms with Crippen molar-refractivity contribution in [1.29, 1.82) is 0 Å². The zero-order chi connectivity index (χ0) is 14.5. The first-order chi connectivity index (χ1) is 10.3. The zero-order valence-corrected chi connectivity index (χ0v) is 13.2. The molecule has 2 N–H and O–H groups in total. The van der Waals surface area contributed by atoms with Gasteiger partial charge in [0.05, 0.1) is 9.46 Å². The van der Waals surface area contributed by atoms with E-state index >= 15 is 0 Å². The van der Waals surface area contributed by atoms with E-state index in [2.05, 4.69) is 53.9 Å². The monoisotopic (exact) mass is 311 g/mol. The second-order valence-corrected chi connectivity index (χ2v) is 7.21. The normalized spacial score (nSPS) is 13.8. The quantitative estimate of drug-likeness (QED) is 0.649. The van der Waals surface area contributed by atoms with Crippen molar-refractivity contribution >= 4 is 23.1 Å². The first kappa shape index (κ1) is 14.4. The number of rotatable bonds is 5. The Kier molecular flexibility index (Phi) is 4.76. The second-order valence-electron chi connectivity index (χ2n) is 4.82. The number of nitrogens with two attached hydrogens (primary N) is 1. The molecule has 0 aliphatic carbocycles. The van der Waals surface area contributed by atoms with Crippen molar-refractivity contribution in [2.75, 3.05) is 0 Å². The Morgan fingerprint density at radius 3 is 1.95 bits per heavy atom. The maximum Gasteiger partial charge on any atom is 0.0605 e. The minimum Gasteiger partial charge on any atom is -0.323 e. The number of thiophene rings is 1. The molecule has 0 aliphatic rings. The number of hydrogen-bond acceptors (Lipinski definition) is 3. The summed E-state index contributed by atoms with van der Waals surface area (Å²) in [5.41, 5.74) is 9.02. The molecule has 1 heterocycles. The summed E-state index contributed by atoms with van der Waals surface area (Å²) in [6.07, 6.45) is 0. The van der Waals surface area contributed by atoms with Gasteiger partial charge in [0.25, 0.3) is 0 Å². The van der Waals surface area contributed by atoms with Gasteiger partial charge in [0.2, 0.25) is 0 Å². The van der Waals surface area contributed by atoms with E-state index in [9.17, 15) is 0 Å². The lowest BCUT2D eigenvalue weighted by molar-refractivity contribution is 0.706. The lowest BCUT2D eigenvalue weighted by Gasteiger charge is -2.24. The van der Waals surface area contributed by atoms with Gasteiger partial charge in [-0.05, 0) is 22.6 Å². The summed E-state index contributed by atoms with van der Waals surface area (Å²) >= 11 is 3.61. The van der Waals surface area contributed by atoms with E-state index in [4.69, 9.17) is 5.73 Å². The number of thioether (sulfide) groups is 1. The predicted molar refractivity (Wildman–Crippen MR) is 92.7 cm³/mol. The molecule has 106 valence electrons. The summed E-state index contributed by atoms with van der Waals surface area (Å²) in [6.45, 7) is 0. The molecule has 0 saturated carbocycles. The fourth-order valence-electron chi connectivity index (χ4n) is 2.30. The van der Waals surface area contributed by atoms with Gasteiger partial charge in [0, 0.05) is 6.04 Å². The van der Waals surface area contributed by atoms with Crippen LogP contribution in [0.4, 0.5) is 0 Å². The summed E-state index contributed by atoms with van der Waals surface area (Å²) < 4.78 is 1.30. The molecule has 0 fully saturated rings. The fourth-order valence-corrected chi connectivity index (χ4v) is 4.45. The molecule has 0 amide bonds. The van der Waals surface area contributed by atoms with Gasteiger partial charge in [-0.25, -0.2) is 0 Å². The Morgan fingerprint density at radius 2 is 1.38 bits per heavy atom. The van der Waals surface area contributed by atoms with E-state index in [0.29, 0.717) is 0 Å². The minimum absolute atomic E-state index is 0.0271. The zero-order valence-electron chi connectivity index (χ0n) is 11.6. The standard InChI is InChI=1S/C18H17NS2/c19-17(14-8-3-1-4-9-14)18(15-10-5-2-6-11-15)21-16-12-7-13-20-16/h1-13,17-18H,19H2. The molecule has 2 unspecified atom stereocenters. The molecule has 3 aromatic rings. The van der Waals surface area contributed by atoms with Crippen LogP contribution >= 0.6 is 23.1 Å². The van der Waals surface area contributed by atoms with E-state index < -0.39 is 0 Å². The predicted octanol–water partition coefficient (Wildman–Crippen LogP) is 5.28. The van der Waals surface area contributed by atoms with Crippen molar-refractivity contribution in [3.05, 3.63) is 89.3 Å². The van der Waals surface area contributed by atoms with Crippen LogP contribution in [0.15, 0.2) is 82.4 Å². The smallest absolute Gasteiger partial charge is 0.0605 e. The third kappa shape index (κ3) is 3.56. The molecule has 0 bridgehead atoms. The summed E-state index contributed by atoms with van der Waals surface area (Å²) in [4.78, 5) is 0. The Morgan fingerprint density at radius 1 is 0.762 bits per heavy atom. The maximum absolute atomic E-state index is 6.57. The molecular formula is C18H17NS2. The van der Waals surface area contributed by atoms with Crippen LogP contribution < -0.4 is 5.73 Å². The lowest BCUT2D eigenvalue weighted by atomic mass is 9.99. The van der Waals surface area contributed by atoms with E-state index in [-0.39, 0.29) is 11.3 Å². The van der Waals surface area contributed by atoms with E-state index in [0.717, 1.165) is 0 Å². The number of hydrogen-bond donors (Lipinski definition) is 1. The van der Waals surface area contributed by atoms with E-state index in [1.807, 2.05) is 36.0 Å². The topological polar surface area (TPSA) is 26.0 Å². The molecule has 0 aliphatic heterocycles. The number of benzene rings is 2. The molecule has 1 aromatic heterocycles. The molecular weight excluding hydrogens is 294 g/mol. The Hall–Kier alpha value is -1.55. The van der Waals surface area contributed by atoms with Gasteiger partial charge in [-0.15, -0.1) is 23.1 Å². The van der Waals surface area contributed by atoms with Crippen LogP contribution in [0.3, 0.4) is 0 Å². The van der Waals surface area contributed by atoms with Crippen LogP contribution in [0.5, 0.6) is 0 Å². The van der Waals surface area contributed by atoms with Crippen molar-refractivity contribution in [3.8, 4) is 0 Å². The van der Waals surface area contributed by atoms with E-state index in [1.165, 1.54) is 15.3 Å². The van der Waals surface area contributed by atoms with Crippen molar-refractivity contribution in [3.63, 3.8) is 0 Å². The van der Waals surface area contributed by atoms with Crippen molar-refractivity contribution < 1.29 is 0 Å². The van der Waals surface area contributed by atoms with Gasteiger partial charge in [0.15, 0.2) is 0 Å². The van der Waals surface area contributed by atoms with Gasteiger partial charge in [0.1, 0.15) is 0 Å². The molecule has 0 radical (unpaired) electrons. The van der Waals surface area contributed by atoms with Crippen LogP contribution in [0.25, 0.3) is 0 Å². The highest BCUT2D eigenvalue weighted by molar-refractivity contribution is 8.01. The SMILES string of the molecule is NC(c1ccccc1)C(Sc1cccs1)c1ccccc1. The van der Waals surface area contributed by atoms with Crippen molar-refractivity contribution in [2.24, 2.45) is 5.73 Å². The van der Waals surface area contributed by atoms with E-state index in [1.54, 1.807) is 11.3 Å². The third-order valence-corrected chi connectivity index (χ3v) is 5.80. The summed E-state index contributed by atoms with van der Waals surface area (Å²) in [5, 5.41) is 2.32. The Balaban J connectivity index is 1.92. The van der Waals surface area contributed by atoms with Crippen LogP contribution in [0, 0.1) is 0 Å². The van der Waals surface area contributed by atoms with Crippen molar-refractivity contribution in [1.82, 2.24) is 0 Å². The summed E-state index contributed by atoms with van der Waals surface area (Å²) in [6, 6.07) is 25.1. The maximum atomic E-state index is 6.57.